The van der Waals surface area contributed by atoms with Crippen LogP contribution in [-0.4, -0.2) is 0 Å². The molecule has 0 spiro atoms. The van der Waals surface area contributed by atoms with E-state index in [0.29, 0.717) is 0 Å². The van der Waals surface area contributed by atoms with Gasteiger partial charge in [0.15, 0.2) is 5.75 Å². The maximum Gasteiger partial charge on any atom is 0.162 e. The Kier molecular flexibility index (Phi) is 1.10. The largest absolute Gasteiger partial charge is 0.382 e. The highest BCUT2D eigenvalue weighted by Gasteiger charge is 2.01. The van der Waals surface area contributed by atoms with Gasteiger partial charge in [-0.1, -0.05) is 12.1 Å². The van der Waals surface area contributed by atoms with Crippen molar-refractivity contribution < 1.29 is 4.84 Å². The Morgan fingerprint density at radius 3 is 3.40 bits per heavy atom. The molecule has 2 nitrogen and oxygen atoms in total. The minimum Gasteiger partial charge on any atom is -0.382 e. The average molecular weight is 132 g/mol. The van der Waals surface area contributed by atoms with Crippen LogP contribution in [0.5, 0.6) is 5.75 Å². The van der Waals surface area contributed by atoms with Gasteiger partial charge in [-0.05, 0) is 18.2 Å². The number of hydrogen-bond acceptors (Lipinski definition) is 2. The van der Waals surface area contributed by atoms with E-state index in [2.05, 4.69) is 11.5 Å². The number of benzene rings is 1. The molecular formula is C8H6NO. The van der Waals surface area contributed by atoms with Crippen LogP contribution in [0.15, 0.2) is 24.4 Å². The van der Waals surface area contributed by atoms with Gasteiger partial charge in [-0.2, -0.15) is 0 Å². The van der Waals surface area contributed by atoms with E-state index in [0.717, 1.165) is 11.3 Å². The van der Waals surface area contributed by atoms with Crippen LogP contribution in [-0.2, 0) is 0 Å². The third-order valence-electron chi connectivity index (χ3n) is 1.36. The lowest BCUT2D eigenvalue weighted by atomic mass is 10.2. The molecule has 0 atom stereocenters. The minimum absolute atomic E-state index is 0.824. The summed E-state index contributed by atoms with van der Waals surface area (Å²) in [6.07, 6.45) is 3.70. The highest BCUT2D eigenvalue weighted by Crippen LogP contribution is 2.19. The number of fused-ring (bicyclic) bond motifs is 1. The number of nitrogens with one attached hydrogen (secondary N) is 1. The predicted octanol–water partition coefficient (Wildman–Crippen LogP) is 1.35. The minimum atomic E-state index is 0.824. The Labute approximate surface area is 59.1 Å². The lowest BCUT2D eigenvalue weighted by Gasteiger charge is -2.10. The molecule has 1 radical (unpaired) electrons. The number of hydroxylamine groups is 1. The zero-order valence-corrected chi connectivity index (χ0v) is 5.29. The first-order valence-corrected chi connectivity index (χ1v) is 3.06. The van der Waals surface area contributed by atoms with Gasteiger partial charge in [-0.15, -0.1) is 0 Å². The van der Waals surface area contributed by atoms with E-state index in [1.54, 1.807) is 12.3 Å². The molecule has 0 bridgehead atoms. The van der Waals surface area contributed by atoms with Gasteiger partial charge >= 0.3 is 0 Å². The van der Waals surface area contributed by atoms with Crippen LogP contribution in [0.4, 0.5) is 0 Å². The van der Waals surface area contributed by atoms with Crippen molar-refractivity contribution in [2.24, 2.45) is 0 Å². The fourth-order valence-electron chi connectivity index (χ4n) is 0.875. The lowest BCUT2D eigenvalue weighted by molar-refractivity contribution is 0.239. The molecule has 0 saturated heterocycles. The van der Waals surface area contributed by atoms with Gasteiger partial charge in [-0.25, -0.2) is 5.48 Å². The summed E-state index contributed by atoms with van der Waals surface area (Å²) in [5.74, 6) is 0.824. The van der Waals surface area contributed by atoms with Crippen LogP contribution in [0, 0.1) is 6.07 Å². The number of rotatable bonds is 0. The van der Waals surface area contributed by atoms with Crippen LogP contribution in [0.1, 0.15) is 5.56 Å². The smallest absolute Gasteiger partial charge is 0.162 e. The number of hydrogen-bond donors (Lipinski definition) is 1. The molecule has 10 heavy (non-hydrogen) atoms. The third kappa shape index (κ3) is 0.739. The SMILES string of the molecule is [c]1ccc2c(c1)ONC=C2. The van der Waals surface area contributed by atoms with Gasteiger partial charge in [0.2, 0.25) is 0 Å². The van der Waals surface area contributed by atoms with E-state index < -0.39 is 0 Å². The lowest BCUT2D eigenvalue weighted by Crippen LogP contribution is -2.13. The fraction of sp³-hybridized carbons (Fsp3) is 0. The van der Waals surface area contributed by atoms with Crippen molar-refractivity contribution in [3.05, 3.63) is 36.0 Å². The van der Waals surface area contributed by atoms with Crippen molar-refractivity contribution >= 4 is 6.08 Å². The van der Waals surface area contributed by atoms with Gasteiger partial charge in [0.25, 0.3) is 0 Å². The van der Waals surface area contributed by atoms with E-state index in [1.807, 2.05) is 18.2 Å². The quantitative estimate of drug-likeness (QED) is 0.575. The maximum atomic E-state index is 5.06. The van der Waals surface area contributed by atoms with Crippen molar-refractivity contribution in [2.75, 3.05) is 0 Å². The molecule has 1 aromatic carbocycles. The molecular weight excluding hydrogens is 126 g/mol. The molecule has 1 N–H and O–H groups in total. The summed E-state index contributed by atoms with van der Waals surface area (Å²) in [4.78, 5) is 5.06. The molecule has 0 fully saturated rings. The predicted molar refractivity (Wildman–Crippen MR) is 38.1 cm³/mol. The van der Waals surface area contributed by atoms with Crippen LogP contribution in [0.3, 0.4) is 0 Å². The highest BCUT2D eigenvalue weighted by atomic mass is 16.6. The van der Waals surface area contributed by atoms with E-state index in [1.165, 1.54) is 0 Å². The molecule has 2 rings (SSSR count). The summed E-state index contributed by atoms with van der Waals surface area (Å²) in [7, 11) is 0. The Hall–Kier alpha value is -1.44. The molecule has 0 amide bonds. The van der Waals surface area contributed by atoms with Gasteiger partial charge in [0, 0.05) is 11.8 Å². The van der Waals surface area contributed by atoms with Gasteiger partial charge in [-0.3, -0.25) is 0 Å². The summed E-state index contributed by atoms with van der Waals surface area (Å²) in [6.45, 7) is 0. The van der Waals surface area contributed by atoms with Crippen molar-refractivity contribution in [3.8, 4) is 5.75 Å². The first kappa shape index (κ1) is 5.35. The van der Waals surface area contributed by atoms with Gasteiger partial charge in [0.1, 0.15) is 0 Å². The van der Waals surface area contributed by atoms with E-state index >= 15 is 0 Å². The van der Waals surface area contributed by atoms with Gasteiger partial charge in [0.05, 0.1) is 0 Å². The van der Waals surface area contributed by atoms with E-state index in [-0.39, 0.29) is 0 Å². The van der Waals surface area contributed by atoms with Crippen LogP contribution in [0.25, 0.3) is 6.08 Å². The summed E-state index contributed by atoms with van der Waals surface area (Å²) in [6, 6.07) is 8.53. The molecule has 1 aromatic rings. The molecule has 1 heterocycles. The van der Waals surface area contributed by atoms with E-state index in [9.17, 15) is 0 Å². The molecule has 0 aromatic heterocycles. The second-order valence-electron chi connectivity index (χ2n) is 2.02. The molecule has 49 valence electrons. The summed E-state index contributed by atoms with van der Waals surface area (Å²) in [5, 5.41) is 0. The maximum absolute atomic E-state index is 5.06. The Balaban J connectivity index is 2.54. The topological polar surface area (TPSA) is 21.3 Å². The van der Waals surface area contributed by atoms with Gasteiger partial charge < -0.3 is 4.84 Å². The molecule has 0 aliphatic carbocycles. The van der Waals surface area contributed by atoms with Crippen molar-refractivity contribution in [3.63, 3.8) is 0 Å². The fourth-order valence-corrected chi connectivity index (χ4v) is 0.875. The molecule has 2 heteroatoms. The van der Waals surface area contributed by atoms with Crippen molar-refractivity contribution in [1.82, 2.24) is 5.48 Å². The molecule has 1 aliphatic rings. The summed E-state index contributed by atoms with van der Waals surface area (Å²) >= 11 is 0. The zero-order valence-electron chi connectivity index (χ0n) is 5.29. The summed E-state index contributed by atoms with van der Waals surface area (Å²) in [5.41, 5.74) is 3.72. The standard InChI is InChI=1S/C8H6NO/c1-2-4-8-7(3-1)5-6-9-10-8/h1,3-6,9H. The Morgan fingerprint density at radius 2 is 2.50 bits per heavy atom. The average Bonchev–Trinajstić information content (AvgIpc) is 2.05. The van der Waals surface area contributed by atoms with Crippen molar-refractivity contribution in [1.29, 1.82) is 0 Å². The summed E-state index contributed by atoms with van der Waals surface area (Å²) < 4.78 is 0. The van der Waals surface area contributed by atoms with Crippen LogP contribution in [0.2, 0.25) is 0 Å². The van der Waals surface area contributed by atoms with E-state index in [4.69, 9.17) is 4.84 Å². The van der Waals surface area contributed by atoms with Crippen molar-refractivity contribution in [2.45, 2.75) is 0 Å². The highest BCUT2D eigenvalue weighted by molar-refractivity contribution is 5.57. The second kappa shape index (κ2) is 2.06. The molecule has 0 unspecified atom stereocenters. The van der Waals surface area contributed by atoms with Crippen LogP contribution < -0.4 is 10.3 Å². The third-order valence-corrected chi connectivity index (χ3v) is 1.36. The Morgan fingerprint density at radius 1 is 1.50 bits per heavy atom. The first-order chi connectivity index (χ1) is 4.97. The molecule has 0 saturated carbocycles. The monoisotopic (exact) mass is 132 g/mol. The first-order valence-electron chi connectivity index (χ1n) is 3.06. The second-order valence-corrected chi connectivity index (χ2v) is 2.02. The normalized spacial score (nSPS) is 13.2. The Bertz CT molecular complexity index is 268. The zero-order chi connectivity index (χ0) is 6.81. The molecule has 1 aliphatic heterocycles. The van der Waals surface area contributed by atoms with Crippen LogP contribution >= 0.6 is 0 Å².